The minimum absolute atomic E-state index is 0.141. The molecule has 2 aromatic rings. The first-order valence-electron chi connectivity index (χ1n) is 6.38. The Morgan fingerprint density at radius 3 is 2.45 bits per heavy atom. The molecule has 2 N–H and O–H groups in total. The van der Waals surface area contributed by atoms with E-state index < -0.39 is 5.97 Å². The minimum atomic E-state index is -0.986. The molecule has 0 bridgehead atoms. The van der Waals surface area contributed by atoms with Gasteiger partial charge in [0.05, 0.1) is 0 Å². The van der Waals surface area contributed by atoms with Gasteiger partial charge in [-0.05, 0) is 64.9 Å². The van der Waals surface area contributed by atoms with E-state index in [0.29, 0.717) is 5.57 Å². The van der Waals surface area contributed by atoms with Crippen molar-refractivity contribution < 1.29 is 15.0 Å². The van der Waals surface area contributed by atoms with Gasteiger partial charge in [0, 0.05) is 6.08 Å². The zero-order valence-electron chi connectivity index (χ0n) is 11.3. The number of aromatic hydroxyl groups is 1. The number of benzene rings is 2. The summed E-state index contributed by atoms with van der Waals surface area (Å²) in [6, 6.07) is 9.05. The Bertz CT molecular complexity index is 770. The Labute approximate surface area is 116 Å². The summed E-state index contributed by atoms with van der Waals surface area (Å²) >= 11 is 0. The quantitative estimate of drug-likeness (QED) is 0.663. The largest absolute Gasteiger partial charge is 0.508 e. The second-order valence-corrected chi connectivity index (χ2v) is 5.06. The molecule has 1 aliphatic carbocycles. The lowest BCUT2D eigenvalue weighted by Gasteiger charge is -2.08. The average Bonchev–Trinajstić information content (AvgIpc) is 2.68. The second kappa shape index (κ2) is 4.23. The number of hydrogen-bond acceptors (Lipinski definition) is 2. The van der Waals surface area contributed by atoms with Crippen LogP contribution < -0.4 is 0 Å². The summed E-state index contributed by atoms with van der Waals surface area (Å²) in [5.41, 5.74) is 6.69. The summed E-state index contributed by atoms with van der Waals surface area (Å²) in [6.45, 7) is 4.07. The number of hydrogen-bond donors (Lipinski definition) is 2. The van der Waals surface area contributed by atoms with Crippen LogP contribution >= 0.6 is 0 Å². The maximum Gasteiger partial charge on any atom is 0.328 e. The van der Waals surface area contributed by atoms with Crippen LogP contribution in [0, 0.1) is 13.8 Å². The van der Waals surface area contributed by atoms with E-state index in [2.05, 4.69) is 0 Å². The molecule has 0 atom stereocenters. The van der Waals surface area contributed by atoms with E-state index in [1.165, 1.54) is 11.6 Å². The fourth-order valence-corrected chi connectivity index (χ4v) is 2.78. The smallest absolute Gasteiger partial charge is 0.328 e. The summed E-state index contributed by atoms with van der Waals surface area (Å²) in [4.78, 5) is 11.1. The van der Waals surface area contributed by atoms with Crippen LogP contribution in [0.3, 0.4) is 0 Å². The number of carboxylic acid groups (broad SMARTS) is 1. The van der Waals surface area contributed by atoms with Crippen molar-refractivity contribution in [2.45, 2.75) is 13.8 Å². The number of aliphatic carboxylic acids is 1. The van der Waals surface area contributed by atoms with Crippen molar-refractivity contribution in [3.05, 3.63) is 58.7 Å². The highest BCUT2D eigenvalue weighted by Gasteiger charge is 2.26. The molecular weight excluding hydrogens is 252 g/mol. The SMILES string of the molecule is Cc1ccc2c(c1C)-c1ccc(O)cc1/C2=C/C(=O)O. The van der Waals surface area contributed by atoms with Gasteiger partial charge in [0.1, 0.15) is 5.75 Å². The van der Waals surface area contributed by atoms with Crippen molar-refractivity contribution in [2.24, 2.45) is 0 Å². The van der Waals surface area contributed by atoms with Gasteiger partial charge in [-0.2, -0.15) is 0 Å². The number of phenolic OH excluding ortho intramolecular Hbond substituents is 1. The highest BCUT2D eigenvalue weighted by atomic mass is 16.4. The highest BCUT2D eigenvalue weighted by molar-refractivity contribution is 6.07. The molecule has 0 unspecified atom stereocenters. The molecule has 0 saturated heterocycles. The predicted octanol–water partition coefficient (Wildman–Crippen LogP) is 3.51. The third-order valence-corrected chi connectivity index (χ3v) is 3.86. The van der Waals surface area contributed by atoms with E-state index in [1.807, 2.05) is 32.0 Å². The minimum Gasteiger partial charge on any atom is -0.508 e. The molecule has 100 valence electrons. The molecule has 0 aliphatic heterocycles. The van der Waals surface area contributed by atoms with Gasteiger partial charge in [-0.15, -0.1) is 0 Å². The summed E-state index contributed by atoms with van der Waals surface area (Å²) < 4.78 is 0. The third-order valence-electron chi connectivity index (χ3n) is 3.86. The highest BCUT2D eigenvalue weighted by Crippen LogP contribution is 2.47. The Hall–Kier alpha value is -2.55. The van der Waals surface area contributed by atoms with E-state index in [4.69, 9.17) is 5.11 Å². The Kier molecular flexibility index (Phi) is 2.64. The summed E-state index contributed by atoms with van der Waals surface area (Å²) in [5, 5.41) is 18.8. The van der Waals surface area contributed by atoms with Gasteiger partial charge in [-0.25, -0.2) is 4.79 Å². The van der Waals surface area contributed by atoms with E-state index in [1.54, 1.807) is 12.1 Å². The molecule has 0 amide bonds. The summed E-state index contributed by atoms with van der Waals surface area (Å²) in [6.07, 6.45) is 1.21. The van der Waals surface area contributed by atoms with Crippen LogP contribution in [0.4, 0.5) is 0 Å². The molecular formula is C17H14O3. The van der Waals surface area contributed by atoms with E-state index in [9.17, 15) is 9.90 Å². The zero-order chi connectivity index (χ0) is 14.4. The van der Waals surface area contributed by atoms with Crippen LogP contribution in [-0.2, 0) is 4.79 Å². The van der Waals surface area contributed by atoms with Crippen molar-refractivity contribution in [2.75, 3.05) is 0 Å². The normalized spacial score (nSPS) is 14.2. The maximum absolute atomic E-state index is 11.1. The molecule has 3 rings (SSSR count). The first-order chi connectivity index (χ1) is 9.49. The predicted molar refractivity (Wildman–Crippen MR) is 77.7 cm³/mol. The van der Waals surface area contributed by atoms with Crippen molar-refractivity contribution in [3.8, 4) is 16.9 Å². The number of rotatable bonds is 1. The second-order valence-electron chi connectivity index (χ2n) is 5.06. The Morgan fingerprint density at radius 1 is 1.05 bits per heavy atom. The fraction of sp³-hybridized carbons (Fsp3) is 0.118. The number of phenols is 1. The van der Waals surface area contributed by atoms with Crippen molar-refractivity contribution in [1.82, 2.24) is 0 Å². The number of fused-ring (bicyclic) bond motifs is 3. The molecule has 3 nitrogen and oxygen atoms in total. The Balaban J connectivity index is 2.41. The lowest BCUT2D eigenvalue weighted by atomic mass is 9.96. The topological polar surface area (TPSA) is 57.5 Å². The van der Waals surface area contributed by atoms with Gasteiger partial charge in [0.15, 0.2) is 0 Å². The third kappa shape index (κ3) is 1.71. The molecule has 0 aromatic heterocycles. The van der Waals surface area contributed by atoms with Crippen LogP contribution in [0.1, 0.15) is 22.3 Å². The maximum atomic E-state index is 11.1. The van der Waals surface area contributed by atoms with Crippen LogP contribution in [0.2, 0.25) is 0 Å². The molecule has 0 radical (unpaired) electrons. The first kappa shape index (κ1) is 12.5. The van der Waals surface area contributed by atoms with Crippen LogP contribution in [-0.4, -0.2) is 16.2 Å². The molecule has 2 aromatic carbocycles. The van der Waals surface area contributed by atoms with Gasteiger partial charge < -0.3 is 10.2 Å². The molecule has 3 heteroatoms. The van der Waals surface area contributed by atoms with E-state index in [-0.39, 0.29) is 5.75 Å². The van der Waals surface area contributed by atoms with Gasteiger partial charge in [0.2, 0.25) is 0 Å². The molecule has 0 heterocycles. The zero-order valence-corrected chi connectivity index (χ0v) is 11.3. The Morgan fingerprint density at radius 2 is 1.75 bits per heavy atom. The number of carbonyl (C=O) groups is 1. The number of carboxylic acids is 1. The fourth-order valence-electron chi connectivity index (χ4n) is 2.78. The van der Waals surface area contributed by atoms with Crippen LogP contribution in [0.5, 0.6) is 5.75 Å². The van der Waals surface area contributed by atoms with Crippen LogP contribution in [0.15, 0.2) is 36.4 Å². The van der Waals surface area contributed by atoms with Crippen molar-refractivity contribution in [3.63, 3.8) is 0 Å². The summed E-state index contributed by atoms with van der Waals surface area (Å²) in [7, 11) is 0. The molecule has 20 heavy (non-hydrogen) atoms. The van der Waals surface area contributed by atoms with E-state index >= 15 is 0 Å². The van der Waals surface area contributed by atoms with Gasteiger partial charge in [-0.1, -0.05) is 18.2 Å². The standard InChI is InChI=1S/C17H14O3/c1-9-3-5-12-15(8-16(19)20)14-7-11(18)4-6-13(14)17(12)10(9)2/h3-8,18H,1-2H3,(H,19,20)/b15-8+. The first-order valence-corrected chi connectivity index (χ1v) is 6.38. The van der Waals surface area contributed by atoms with Gasteiger partial charge in [-0.3, -0.25) is 0 Å². The lowest BCUT2D eigenvalue weighted by molar-refractivity contribution is -0.131. The molecule has 0 saturated carbocycles. The van der Waals surface area contributed by atoms with Gasteiger partial charge >= 0.3 is 5.97 Å². The van der Waals surface area contributed by atoms with Crippen LogP contribution in [0.25, 0.3) is 16.7 Å². The number of aryl methyl sites for hydroxylation is 1. The molecule has 0 fully saturated rings. The summed E-state index contributed by atoms with van der Waals surface area (Å²) in [5.74, 6) is -0.845. The van der Waals surface area contributed by atoms with E-state index in [0.717, 1.165) is 27.8 Å². The molecule has 1 aliphatic rings. The van der Waals surface area contributed by atoms with Crippen molar-refractivity contribution >= 4 is 11.5 Å². The monoisotopic (exact) mass is 266 g/mol. The lowest BCUT2D eigenvalue weighted by Crippen LogP contribution is -1.92. The van der Waals surface area contributed by atoms with Crippen molar-refractivity contribution in [1.29, 1.82) is 0 Å². The average molecular weight is 266 g/mol. The van der Waals surface area contributed by atoms with Gasteiger partial charge in [0.25, 0.3) is 0 Å². The molecule has 0 spiro atoms.